The summed E-state index contributed by atoms with van der Waals surface area (Å²) in [6.07, 6.45) is 0. The van der Waals surface area contributed by atoms with Gasteiger partial charge in [0, 0.05) is 11.8 Å². The lowest BCUT2D eigenvalue weighted by Gasteiger charge is -2.20. The van der Waals surface area contributed by atoms with Crippen LogP contribution in [0.2, 0.25) is 0 Å². The van der Waals surface area contributed by atoms with Gasteiger partial charge in [0.05, 0.1) is 0 Å². The molecular formula is C19H22O. The van der Waals surface area contributed by atoms with Gasteiger partial charge < -0.3 is 0 Å². The molecule has 20 heavy (non-hydrogen) atoms. The zero-order chi connectivity index (χ0) is 14.7. The maximum Gasteiger partial charge on any atom is 0.147 e. The van der Waals surface area contributed by atoms with Crippen molar-refractivity contribution in [1.82, 2.24) is 0 Å². The molecule has 104 valence electrons. The number of Topliss-reactive ketones (excluding diaryl/α,β-unsaturated/α-hetero) is 1. The second kappa shape index (κ2) is 6.04. The van der Waals surface area contributed by atoms with E-state index in [-0.39, 0.29) is 17.6 Å². The van der Waals surface area contributed by atoms with Crippen molar-refractivity contribution in [3.63, 3.8) is 0 Å². The van der Waals surface area contributed by atoms with Gasteiger partial charge in [-0.15, -0.1) is 0 Å². The standard InChI is InChI=1S/C19H22O/c1-13-9-5-7-11-17(13)15(3)19(20)16(4)18-12-8-6-10-14(18)2/h5-12,15-16H,1-4H3. The number of carbonyl (C=O) groups is 1. The van der Waals surface area contributed by atoms with Gasteiger partial charge >= 0.3 is 0 Å². The summed E-state index contributed by atoms with van der Waals surface area (Å²) >= 11 is 0. The van der Waals surface area contributed by atoms with Gasteiger partial charge in [-0.25, -0.2) is 0 Å². The summed E-state index contributed by atoms with van der Waals surface area (Å²) in [6, 6.07) is 16.3. The van der Waals surface area contributed by atoms with Gasteiger partial charge in [0.1, 0.15) is 5.78 Å². The van der Waals surface area contributed by atoms with E-state index in [9.17, 15) is 4.79 Å². The Balaban J connectivity index is 2.28. The molecule has 0 aliphatic carbocycles. The molecule has 2 atom stereocenters. The minimum absolute atomic E-state index is 0.0641. The van der Waals surface area contributed by atoms with Crippen molar-refractivity contribution in [2.45, 2.75) is 39.5 Å². The molecule has 2 aromatic carbocycles. The van der Waals surface area contributed by atoms with Gasteiger partial charge in [-0.2, -0.15) is 0 Å². The van der Waals surface area contributed by atoms with Crippen LogP contribution in [0.25, 0.3) is 0 Å². The molecule has 0 aromatic heterocycles. The predicted octanol–water partition coefficient (Wildman–Crippen LogP) is 4.78. The Morgan fingerprint density at radius 1 is 0.750 bits per heavy atom. The molecule has 0 aliphatic rings. The van der Waals surface area contributed by atoms with Crippen LogP contribution in [0.1, 0.15) is 47.9 Å². The molecule has 0 saturated heterocycles. The number of rotatable bonds is 4. The Hall–Kier alpha value is -1.89. The van der Waals surface area contributed by atoms with Crippen LogP contribution in [0.3, 0.4) is 0 Å². The van der Waals surface area contributed by atoms with Gasteiger partial charge in [0.15, 0.2) is 0 Å². The van der Waals surface area contributed by atoms with E-state index in [2.05, 4.69) is 38.1 Å². The van der Waals surface area contributed by atoms with E-state index < -0.39 is 0 Å². The first kappa shape index (κ1) is 14.5. The number of hydrogen-bond acceptors (Lipinski definition) is 1. The number of aryl methyl sites for hydroxylation is 2. The molecule has 0 aliphatic heterocycles. The van der Waals surface area contributed by atoms with Crippen LogP contribution in [-0.4, -0.2) is 5.78 Å². The van der Waals surface area contributed by atoms with Gasteiger partial charge in [-0.05, 0) is 36.1 Å². The molecule has 0 fully saturated rings. The lowest BCUT2D eigenvalue weighted by Crippen LogP contribution is -2.18. The quantitative estimate of drug-likeness (QED) is 0.778. The molecule has 1 nitrogen and oxygen atoms in total. The summed E-state index contributed by atoms with van der Waals surface area (Å²) in [4.78, 5) is 12.7. The second-order valence-corrected chi connectivity index (χ2v) is 5.56. The molecular weight excluding hydrogens is 244 g/mol. The molecule has 2 rings (SSSR count). The van der Waals surface area contributed by atoms with Crippen molar-refractivity contribution in [2.24, 2.45) is 0 Å². The van der Waals surface area contributed by atoms with Crippen LogP contribution >= 0.6 is 0 Å². The zero-order valence-corrected chi connectivity index (χ0v) is 12.7. The molecule has 2 unspecified atom stereocenters. The smallest absolute Gasteiger partial charge is 0.147 e. The van der Waals surface area contributed by atoms with Crippen molar-refractivity contribution in [3.8, 4) is 0 Å². The molecule has 2 aromatic rings. The lowest BCUT2D eigenvalue weighted by atomic mass is 9.83. The summed E-state index contributed by atoms with van der Waals surface area (Å²) in [7, 11) is 0. The average Bonchev–Trinajstić information content (AvgIpc) is 2.46. The van der Waals surface area contributed by atoms with Crippen molar-refractivity contribution in [3.05, 3.63) is 70.8 Å². The second-order valence-electron chi connectivity index (χ2n) is 5.56. The van der Waals surface area contributed by atoms with E-state index in [0.717, 1.165) is 11.1 Å². The van der Waals surface area contributed by atoms with E-state index >= 15 is 0 Å². The largest absolute Gasteiger partial charge is 0.298 e. The van der Waals surface area contributed by atoms with Crippen molar-refractivity contribution in [1.29, 1.82) is 0 Å². The van der Waals surface area contributed by atoms with Crippen LogP contribution in [0.5, 0.6) is 0 Å². The highest BCUT2D eigenvalue weighted by molar-refractivity contribution is 5.91. The molecule has 0 amide bonds. The van der Waals surface area contributed by atoms with Crippen molar-refractivity contribution >= 4 is 5.78 Å². The third-order valence-corrected chi connectivity index (χ3v) is 4.16. The first-order chi connectivity index (χ1) is 9.52. The monoisotopic (exact) mass is 266 g/mol. The van der Waals surface area contributed by atoms with Crippen molar-refractivity contribution in [2.75, 3.05) is 0 Å². The van der Waals surface area contributed by atoms with E-state index in [1.165, 1.54) is 11.1 Å². The molecule has 0 bridgehead atoms. The highest BCUT2D eigenvalue weighted by Gasteiger charge is 2.24. The Morgan fingerprint density at radius 3 is 1.45 bits per heavy atom. The van der Waals surface area contributed by atoms with E-state index in [1.807, 2.05) is 38.1 Å². The minimum atomic E-state index is -0.0641. The third-order valence-electron chi connectivity index (χ3n) is 4.16. The Bertz CT molecular complexity index is 559. The van der Waals surface area contributed by atoms with E-state index in [0.29, 0.717) is 0 Å². The van der Waals surface area contributed by atoms with Crippen LogP contribution < -0.4 is 0 Å². The Labute approximate surface area is 121 Å². The van der Waals surface area contributed by atoms with Crippen molar-refractivity contribution < 1.29 is 4.79 Å². The third kappa shape index (κ3) is 2.82. The fourth-order valence-corrected chi connectivity index (χ4v) is 2.83. The van der Waals surface area contributed by atoms with Gasteiger partial charge in [-0.1, -0.05) is 62.4 Å². The minimum Gasteiger partial charge on any atom is -0.298 e. The summed E-state index contributed by atoms with van der Waals surface area (Å²) in [5.74, 6) is 0.158. The zero-order valence-electron chi connectivity index (χ0n) is 12.7. The number of carbonyl (C=O) groups excluding carboxylic acids is 1. The summed E-state index contributed by atoms with van der Waals surface area (Å²) in [6.45, 7) is 8.16. The molecule has 0 heterocycles. The number of ketones is 1. The molecule has 0 spiro atoms. The van der Waals surface area contributed by atoms with Crippen LogP contribution in [0.15, 0.2) is 48.5 Å². The predicted molar refractivity (Wildman–Crippen MR) is 84.2 cm³/mol. The van der Waals surface area contributed by atoms with E-state index in [4.69, 9.17) is 0 Å². The topological polar surface area (TPSA) is 17.1 Å². The fourth-order valence-electron chi connectivity index (χ4n) is 2.83. The Kier molecular flexibility index (Phi) is 4.39. The summed E-state index contributed by atoms with van der Waals surface area (Å²) in [5.41, 5.74) is 4.64. The normalized spacial score (nSPS) is 13.8. The molecule has 0 saturated carbocycles. The Morgan fingerprint density at radius 2 is 1.10 bits per heavy atom. The molecule has 1 heteroatoms. The first-order valence-electron chi connectivity index (χ1n) is 7.17. The van der Waals surface area contributed by atoms with Gasteiger partial charge in [-0.3, -0.25) is 4.79 Å². The SMILES string of the molecule is Cc1ccccc1C(C)C(=O)C(C)c1ccccc1C. The maximum atomic E-state index is 12.7. The van der Waals surface area contributed by atoms with E-state index in [1.54, 1.807) is 0 Å². The van der Waals surface area contributed by atoms with Crippen LogP contribution in [-0.2, 0) is 4.79 Å². The molecule has 0 N–H and O–H groups in total. The van der Waals surface area contributed by atoms with Gasteiger partial charge in [0.25, 0.3) is 0 Å². The average molecular weight is 266 g/mol. The molecule has 0 radical (unpaired) electrons. The highest BCUT2D eigenvalue weighted by atomic mass is 16.1. The highest BCUT2D eigenvalue weighted by Crippen LogP contribution is 2.29. The van der Waals surface area contributed by atoms with Crippen LogP contribution in [0, 0.1) is 13.8 Å². The maximum absolute atomic E-state index is 12.7. The number of hydrogen-bond donors (Lipinski definition) is 0. The summed E-state index contributed by atoms with van der Waals surface area (Å²) in [5, 5.41) is 0. The first-order valence-corrected chi connectivity index (χ1v) is 7.17. The van der Waals surface area contributed by atoms with Crippen LogP contribution in [0.4, 0.5) is 0 Å². The number of benzene rings is 2. The lowest BCUT2D eigenvalue weighted by molar-refractivity contribution is -0.121. The fraction of sp³-hybridized carbons (Fsp3) is 0.316. The van der Waals surface area contributed by atoms with Gasteiger partial charge in [0.2, 0.25) is 0 Å². The summed E-state index contributed by atoms with van der Waals surface area (Å²) < 4.78 is 0.